The van der Waals surface area contributed by atoms with Crippen LogP contribution >= 0.6 is 0 Å². The highest BCUT2D eigenvalue weighted by molar-refractivity contribution is 5.81. The Kier molecular flexibility index (Phi) is 7.08. The molecule has 30 heavy (non-hydrogen) atoms. The Balaban J connectivity index is 1.89. The summed E-state index contributed by atoms with van der Waals surface area (Å²) in [6.07, 6.45) is 4.71. The molecule has 3 aromatic rings. The van der Waals surface area contributed by atoms with Gasteiger partial charge in [-0.05, 0) is 49.6 Å². The molecule has 0 aliphatic carbocycles. The average Bonchev–Trinajstić information content (AvgIpc) is 2.73. The third-order valence-electron chi connectivity index (χ3n) is 5.25. The van der Waals surface area contributed by atoms with Crippen molar-refractivity contribution in [3.63, 3.8) is 0 Å². The van der Waals surface area contributed by atoms with E-state index in [0.29, 0.717) is 5.56 Å². The number of ether oxygens (including phenoxy) is 1. The number of benzene rings is 2. The zero-order valence-corrected chi connectivity index (χ0v) is 18.0. The highest BCUT2D eigenvalue weighted by atomic mass is 16.5. The molecule has 0 aliphatic rings. The lowest BCUT2D eigenvalue weighted by molar-refractivity contribution is 0.305. The first-order chi connectivity index (χ1) is 14.5. The largest absolute Gasteiger partial charge is 0.494 e. The molecule has 0 spiro atoms. The van der Waals surface area contributed by atoms with Crippen LogP contribution in [-0.4, -0.2) is 11.6 Å². The van der Waals surface area contributed by atoms with Crippen LogP contribution in [0, 0.1) is 25.2 Å². The first kappa shape index (κ1) is 21.4. The van der Waals surface area contributed by atoms with Gasteiger partial charge in [0.1, 0.15) is 23.2 Å². The number of pyridine rings is 1. The lowest BCUT2D eigenvalue weighted by Gasteiger charge is -2.13. The van der Waals surface area contributed by atoms with Crippen LogP contribution in [0.2, 0.25) is 0 Å². The number of nitrogens with zero attached hydrogens (tertiary/aromatic N) is 2. The summed E-state index contributed by atoms with van der Waals surface area (Å²) in [6.45, 7) is 7.05. The van der Waals surface area contributed by atoms with Gasteiger partial charge in [-0.25, -0.2) is 4.98 Å². The van der Waals surface area contributed by atoms with Crippen LogP contribution in [0.5, 0.6) is 5.75 Å². The quantitative estimate of drug-likeness (QED) is 0.442. The summed E-state index contributed by atoms with van der Waals surface area (Å²) in [4.78, 5) is 4.50. The molecule has 2 N–H and O–H groups in total. The molecule has 0 atom stereocenters. The molecule has 4 nitrogen and oxygen atoms in total. The summed E-state index contributed by atoms with van der Waals surface area (Å²) in [6, 6.07) is 18.2. The maximum absolute atomic E-state index is 9.66. The Hall–Kier alpha value is -3.32. The molecule has 1 heterocycles. The molecular weight excluding hydrogens is 370 g/mol. The molecule has 0 saturated carbocycles. The monoisotopic (exact) mass is 399 g/mol. The lowest BCUT2D eigenvalue weighted by Crippen LogP contribution is -2.01. The molecule has 3 rings (SSSR count). The topological polar surface area (TPSA) is 71.9 Å². The molecule has 4 heteroatoms. The zero-order chi connectivity index (χ0) is 21.5. The van der Waals surface area contributed by atoms with E-state index in [4.69, 9.17) is 10.5 Å². The molecule has 0 bridgehead atoms. The van der Waals surface area contributed by atoms with E-state index in [1.807, 2.05) is 30.3 Å². The summed E-state index contributed by atoms with van der Waals surface area (Å²) in [7, 11) is 0. The van der Waals surface area contributed by atoms with Crippen molar-refractivity contribution in [2.75, 3.05) is 12.3 Å². The van der Waals surface area contributed by atoms with Crippen molar-refractivity contribution in [1.82, 2.24) is 4.98 Å². The highest BCUT2D eigenvalue weighted by Crippen LogP contribution is 2.33. The fourth-order valence-corrected chi connectivity index (χ4v) is 3.60. The van der Waals surface area contributed by atoms with E-state index in [2.05, 4.69) is 50.0 Å². The first-order valence-corrected chi connectivity index (χ1v) is 10.5. The lowest BCUT2D eigenvalue weighted by atomic mass is 9.96. The number of rotatable bonds is 8. The van der Waals surface area contributed by atoms with E-state index in [9.17, 15) is 5.26 Å². The highest BCUT2D eigenvalue weighted by Gasteiger charge is 2.14. The van der Waals surface area contributed by atoms with Gasteiger partial charge in [-0.15, -0.1) is 0 Å². The first-order valence-electron chi connectivity index (χ1n) is 10.5. The van der Waals surface area contributed by atoms with Crippen molar-refractivity contribution in [2.24, 2.45) is 0 Å². The molecule has 0 unspecified atom stereocenters. The van der Waals surface area contributed by atoms with Crippen LogP contribution < -0.4 is 10.5 Å². The van der Waals surface area contributed by atoms with E-state index in [1.165, 1.54) is 24.8 Å². The van der Waals surface area contributed by atoms with Gasteiger partial charge in [-0.1, -0.05) is 62.1 Å². The van der Waals surface area contributed by atoms with Crippen LogP contribution in [0.1, 0.15) is 49.3 Å². The van der Waals surface area contributed by atoms with Gasteiger partial charge in [0.05, 0.1) is 12.3 Å². The fourth-order valence-electron chi connectivity index (χ4n) is 3.60. The van der Waals surface area contributed by atoms with Gasteiger partial charge in [-0.3, -0.25) is 0 Å². The van der Waals surface area contributed by atoms with E-state index >= 15 is 0 Å². The summed E-state index contributed by atoms with van der Waals surface area (Å²) in [5.74, 6) is 1.09. The van der Waals surface area contributed by atoms with Crippen molar-refractivity contribution >= 4 is 5.82 Å². The molecule has 0 saturated heterocycles. The van der Waals surface area contributed by atoms with Crippen molar-refractivity contribution in [1.29, 1.82) is 5.26 Å². The second-order valence-corrected chi connectivity index (χ2v) is 7.68. The SMILES string of the molecule is CCCCCCOc1ccc(-c2cc(-c3ccc(C)cc3C)nc(N)c2C#N)cc1. The number of anilines is 1. The molecule has 0 radical (unpaired) electrons. The van der Waals surface area contributed by atoms with Crippen LogP contribution in [0.4, 0.5) is 5.82 Å². The Labute approximate surface area is 179 Å². The number of aromatic nitrogens is 1. The summed E-state index contributed by atoms with van der Waals surface area (Å²) in [5.41, 5.74) is 12.4. The van der Waals surface area contributed by atoms with E-state index in [0.717, 1.165) is 46.7 Å². The number of hydrogen-bond donors (Lipinski definition) is 1. The Bertz CT molecular complexity index is 1050. The minimum absolute atomic E-state index is 0.251. The minimum atomic E-state index is 0.251. The number of hydrogen-bond acceptors (Lipinski definition) is 4. The van der Waals surface area contributed by atoms with Gasteiger partial charge < -0.3 is 10.5 Å². The van der Waals surface area contributed by atoms with Crippen LogP contribution in [-0.2, 0) is 0 Å². The van der Waals surface area contributed by atoms with Gasteiger partial charge >= 0.3 is 0 Å². The van der Waals surface area contributed by atoms with Crippen molar-refractivity contribution in [2.45, 2.75) is 46.5 Å². The smallest absolute Gasteiger partial charge is 0.142 e. The zero-order valence-electron chi connectivity index (χ0n) is 18.0. The van der Waals surface area contributed by atoms with Crippen LogP contribution in [0.3, 0.4) is 0 Å². The Morgan fingerprint density at radius 2 is 1.73 bits per heavy atom. The normalized spacial score (nSPS) is 10.6. The van der Waals surface area contributed by atoms with Gasteiger partial charge in [0.2, 0.25) is 0 Å². The van der Waals surface area contributed by atoms with Crippen LogP contribution in [0.15, 0.2) is 48.5 Å². The van der Waals surface area contributed by atoms with Gasteiger partial charge in [0, 0.05) is 11.1 Å². The number of aryl methyl sites for hydroxylation is 2. The van der Waals surface area contributed by atoms with Crippen molar-refractivity contribution in [3.8, 4) is 34.2 Å². The van der Waals surface area contributed by atoms with Gasteiger partial charge in [0.15, 0.2) is 0 Å². The Morgan fingerprint density at radius 1 is 0.967 bits per heavy atom. The van der Waals surface area contributed by atoms with E-state index in [-0.39, 0.29) is 5.82 Å². The molecule has 0 aliphatic heterocycles. The molecule has 1 aromatic heterocycles. The Morgan fingerprint density at radius 3 is 2.40 bits per heavy atom. The maximum Gasteiger partial charge on any atom is 0.142 e. The number of nitriles is 1. The van der Waals surface area contributed by atoms with Crippen LogP contribution in [0.25, 0.3) is 22.4 Å². The summed E-state index contributed by atoms with van der Waals surface area (Å²) in [5, 5.41) is 9.66. The molecule has 154 valence electrons. The number of unbranched alkanes of at least 4 members (excludes halogenated alkanes) is 3. The third kappa shape index (κ3) is 4.99. The second kappa shape index (κ2) is 9.93. The number of nitrogens with two attached hydrogens (primary N) is 1. The predicted molar refractivity (Wildman–Crippen MR) is 123 cm³/mol. The summed E-state index contributed by atoms with van der Waals surface area (Å²) >= 11 is 0. The van der Waals surface area contributed by atoms with E-state index in [1.54, 1.807) is 0 Å². The third-order valence-corrected chi connectivity index (χ3v) is 5.25. The molecular formula is C26H29N3O. The van der Waals surface area contributed by atoms with Gasteiger partial charge in [-0.2, -0.15) is 5.26 Å². The summed E-state index contributed by atoms with van der Waals surface area (Å²) < 4.78 is 5.84. The van der Waals surface area contributed by atoms with Crippen molar-refractivity contribution < 1.29 is 4.74 Å². The standard InChI is InChI=1S/C26H29N3O/c1-4-5-6-7-14-30-21-11-9-20(10-12-21)23-16-25(29-26(28)24(23)17-27)22-13-8-18(2)15-19(22)3/h8-13,15-16H,4-7,14H2,1-3H3,(H2,28,29). The predicted octanol–water partition coefficient (Wildman–Crippen LogP) is 6.45. The van der Waals surface area contributed by atoms with E-state index < -0.39 is 0 Å². The average molecular weight is 400 g/mol. The van der Waals surface area contributed by atoms with Crippen molar-refractivity contribution in [3.05, 3.63) is 65.2 Å². The molecule has 0 fully saturated rings. The molecule has 0 amide bonds. The van der Waals surface area contributed by atoms with Gasteiger partial charge in [0.25, 0.3) is 0 Å². The fraction of sp³-hybridized carbons (Fsp3) is 0.308. The molecule has 2 aromatic carbocycles. The minimum Gasteiger partial charge on any atom is -0.494 e. The maximum atomic E-state index is 9.66. The second-order valence-electron chi connectivity index (χ2n) is 7.68. The number of nitrogen functional groups attached to an aromatic ring is 1.